The summed E-state index contributed by atoms with van der Waals surface area (Å²) < 4.78 is 22.2. The lowest BCUT2D eigenvalue weighted by atomic mass is 10.4. The highest BCUT2D eigenvalue weighted by molar-refractivity contribution is 7.55. The summed E-state index contributed by atoms with van der Waals surface area (Å²) in [5, 5.41) is 17.4. The Morgan fingerprint density at radius 2 is 1.60 bits per heavy atom. The van der Waals surface area contributed by atoms with Crippen LogP contribution in [0.15, 0.2) is 0 Å². The van der Waals surface area contributed by atoms with Gasteiger partial charge in [0, 0.05) is 16.7 Å². The molecule has 0 spiro atoms. The van der Waals surface area contributed by atoms with Crippen LogP contribution in [0, 0.1) is 20.2 Å². The van der Waals surface area contributed by atoms with E-state index in [1.807, 2.05) is 0 Å². The lowest BCUT2D eigenvalue weighted by Crippen LogP contribution is -2.40. The second kappa shape index (κ2) is 8.58. The molecule has 0 aliphatic heterocycles. The molecule has 1 unspecified atom stereocenters. The maximum Gasteiger partial charge on any atom is 0.369 e. The van der Waals surface area contributed by atoms with Gasteiger partial charge in [0.15, 0.2) is 0 Å². The number of alkyl halides is 2. The number of hydrogen-bond donors (Lipinski definition) is 0. The molecule has 0 aromatic carbocycles. The summed E-state index contributed by atoms with van der Waals surface area (Å²) in [4.78, 5) is 24.3. The molecule has 0 rings (SSSR count). The highest BCUT2D eigenvalue weighted by Crippen LogP contribution is 2.60. The van der Waals surface area contributed by atoms with Crippen molar-refractivity contribution in [3.05, 3.63) is 20.2 Å². The topological polar surface area (TPSA) is 131 Å². The Labute approximate surface area is 124 Å². The van der Waals surface area contributed by atoms with E-state index in [1.54, 1.807) is 0 Å². The van der Waals surface area contributed by atoms with E-state index in [0.29, 0.717) is 0 Å². The van der Waals surface area contributed by atoms with Gasteiger partial charge in [-0.3, -0.25) is 19.5 Å². The van der Waals surface area contributed by atoms with Crippen LogP contribution in [0.5, 0.6) is 0 Å². The first-order valence-electron chi connectivity index (χ1n) is 5.17. The highest BCUT2D eigenvalue weighted by Gasteiger charge is 2.55. The lowest BCUT2D eigenvalue weighted by molar-refractivity contribution is -0.779. The fourth-order valence-corrected chi connectivity index (χ4v) is 3.29. The summed E-state index contributed by atoms with van der Waals surface area (Å²) in [6.07, 6.45) is 0. The monoisotopic (exact) mass is 354 g/mol. The summed E-state index contributed by atoms with van der Waals surface area (Å²) >= 11 is 10.7. The third kappa shape index (κ3) is 5.76. The molecule has 0 saturated carbocycles. The van der Waals surface area contributed by atoms with Gasteiger partial charge in [-0.2, -0.15) is 0 Å². The number of hydrogen-bond acceptors (Lipinski definition) is 8. The Morgan fingerprint density at radius 1 is 1.15 bits per heavy atom. The first-order chi connectivity index (χ1) is 9.20. The Kier molecular flexibility index (Phi) is 8.29. The van der Waals surface area contributed by atoms with Crippen LogP contribution in [0.3, 0.4) is 0 Å². The molecule has 0 N–H and O–H groups in total. The quantitative estimate of drug-likeness (QED) is 0.238. The van der Waals surface area contributed by atoms with Gasteiger partial charge in [0.1, 0.15) is 0 Å². The molecule has 0 bridgehead atoms. The van der Waals surface area contributed by atoms with E-state index in [4.69, 9.17) is 32.2 Å². The molecule has 10 nitrogen and oxygen atoms in total. The number of nitro groups is 1. The Morgan fingerprint density at radius 3 is 1.90 bits per heavy atom. The standard InChI is InChI=1S/C7H13Cl2N2O8P/c1-7(6-10(12)13,19-11(14)15)20(16,17-4-2-8)18-5-3-9/h2-6H2,1H3. The van der Waals surface area contributed by atoms with Crippen molar-refractivity contribution in [3.63, 3.8) is 0 Å². The summed E-state index contributed by atoms with van der Waals surface area (Å²) in [5.74, 6) is -0.192. The molecule has 0 aromatic rings. The predicted molar refractivity (Wildman–Crippen MR) is 69.3 cm³/mol. The van der Waals surface area contributed by atoms with Crippen molar-refractivity contribution >= 4 is 30.8 Å². The molecule has 0 saturated heterocycles. The fourth-order valence-electron chi connectivity index (χ4n) is 1.19. The normalized spacial score (nSPS) is 14.6. The summed E-state index contributed by atoms with van der Waals surface area (Å²) in [5.41, 5.74) is 0. The van der Waals surface area contributed by atoms with Crippen molar-refractivity contribution < 1.29 is 28.5 Å². The fraction of sp³-hybridized carbons (Fsp3) is 1.00. The van der Waals surface area contributed by atoms with E-state index in [0.717, 1.165) is 6.92 Å². The molecule has 0 heterocycles. The van der Waals surface area contributed by atoms with E-state index in [-0.39, 0.29) is 25.0 Å². The van der Waals surface area contributed by atoms with Gasteiger partial charge in [-0.15, -0.1) is 33.3 Å². The smallest absolute Gasteiger partial charge is 0.305 e. The van der Waals surface area contributed by atoms with Crippen LogP contribution in [-0.4, -0.2) is 46.9 Å². The van der Waals surface area contributed by atoms with E-state index in [2.05, 4.69) is 4.84 Å². The molecule has 1 atom stereocenters. The SMILES string of the molecule is CC(C[N+](=O)[O-])(O[N+](=O)[O-])P(=O)(OCCCl)OCCCl. The van der Waals surface area contributed by atoms with E-state index >= 15 is 0 Å². The minimum Gasteiger partial charge on any atom is -0.305 e. The third-order valence-corrected chi connectivity index (χ3v) is 4.69. The highest BCUT2D eigenvalue weighted by atomic mass is 35.5. The van der Waals surface area contributed by atoms with Crippen molar-refractivity contribution in [2.24, 2.45) is 0 Å². The molecular weight excluding hydrogens is 342 g/mol. The lowest BCUT2D eigenvalue weighted by Gasteiger charge is -2.30. The zero-order valence-corrected chi connectivity index (χ0v) is 12.8. The minimum atomic E-state index is -4.36. The minimum absolute atomic E-state index is 0.0960. The molecule has 13 heteroatoms. The molecule has 0 aliphatic rings. The van der Waals surface area contributed by atoms with Gasteiger partial charge in [-0.25, -0.2) is 0 Å². The summed E-state index contributed by atoms with van der Waals surface area (Å²) in [6.45, 7) is -0.858. The van der Waals surface area contributed by atoms with Crippen molar-refractivity contribution in [1.82, 2.24) is 0 Å². The maximum atomic E-state index is 12.5. The van der Waals surface area contributed by atoms with E-state index in [1.165, 1.54) is 0 Å². The maximum absolute atomic E-state index is 12.5. The molecular formula is C7H13Cl2N2O8P. The summed E-state index contributed by atoms with van der Waals surface area (Å²) in [7, 11) is -4.36. The Balaban J connectivity index is 5.41. The third-order valence-electron chi connectivity index (χ3n) is 1.95. The van der Waals surface area contributed by atoms with Gasteiger partial charge in [-0.05, 0) is 6.92 Å². The number of halogens is 2. The van der Waals surface area contributed by atoms with E-state index in [9.17, 15) is 24.8 Å². The molecule has 0 aromatic heterocycles. The molecule has 0 aliphatic carbocycles. The van der Waals surface area contributed by atoms with Crippen LogP contribution in [0.1, 0.15) is 6.92 Å². The first kappa shape index (κ1) is 19.3. The van der Waals surface area contributed by atoms with Crippen LogP contribution < -0.4 is 0 Å². The largest absolute Gasteiger partial charge is 0.369 e. The van der Waals surface area contributed by atoms with Gasteiger partial charge in [0.2, 0.25) is 6.54 Å². The van der Waals surface area contributed by atoms with Gasteiger partial charge in [0.05, 0.1) is 13.2 Å². The van der Waals surface area contributed by atoms with E-state index < -0.39 is 29.5 Å². The number of rotatable bonds is 11. The average Bonchev–Trinajstić information content (AvgIpc) is 2.31. The first-order valence-corrected chi connectivity index (χ1v) is 7.78. The Bertz CT molecular complexity index is 367. The molecule has 0 amide bonds. The zero-order chi connectivity index (χ0) is 15.8. The van der Waals surface area contributed by atoms with Crippen LogP contribution in [0.2, 0.25) is 0 Å². The van der Waals surface area contributed by atoms with Gasteiger partial charge in [0.25, 0.3) is 10.4 Å². The number of nitrogens with zero attached hydrogens (tertiary/aromatic N) is 2. The summed E-state index contributed by atoms with van der Waals surface area (Å²) in [6, 6.07) is 0. The van der Waals surface area contributed by atoms with Gasteiger partial charge < -0.3 is 9.05 Å². The van der Waals surface area contributed by atoms with Gasteiger partial charge in [-0.1, -0.05) is 0 Å². The molecule has 20 heavy (non-hydrogen) atoms. The van der Waals surface area contributed by atoms with Crippen LogP contribution in [-0.2, 0) is 18.5 Å². The second-order valence-corrected chi connectivity index (χ2v) is 6.74. The Hall–Kier alpha value is -0.670. The van der Waals surface area contributed by atoms with Crippen LogP contribution >= 0.6 is 30.8 Å². The van der Waals surface area contributed by atoms with Crippen LogP contribution in [0.4, 0.5) is 0 Å². The van der Waals surface area contributed by atoms with Crippen molar-refractivity contribution in [2.75, 3.05) is 31.5 Å². The molecule has 118 valence electrons. The predicted octanol–water partition coefficient (Wildman–Crippen LogP) is 1.89. The molecule has 0 fully saturated rings. The van der Waals surface area contributed by atoms with Crippen molar-refractivity contribution in [1.29, 1.82) is 0 Å². The van der Waals surface area contributed by atoms with Gasteiger partial charge >= 0.3 is 7.60 Å². The average molecular weight is 355 g/mol. The second-order valence-electron chi connectivity index (χ2n) is 3.52. The van der Waals surface area contributed by atoms with Crippen LogP contribution in [0.25, 0.3) is 0 Å². The zero-order valence-electron chi connectivity index (χ0n) is 10.4. The van der Waals surface area contributed by atoms with Crippen molar-refractivity contribution in [3.8, 4) is 0 Å². The van der Waals surface area contributed by atoms with Crippen molar-refractivity contribution in [2.45, 2.75) is 12.3 Å². The molecule has 0 radical (unpaired) electrons.